The molecule has 0 bridgehead atoms. The van der Waals surface area contributed by atoms with Gasteiger partial charge in [0.05, 0.1) is 30.2 Å². The maximum Gasteiger partial charge on any atom is 0.338 e. The van der Waals surface area contributed by atoms with E-state index < -0.39 is 5.97 Å². The Morgan fingerprint density at radius 3 is 2.94 bits per heavy atom. The summed E-state index contributed by atoms with van der Waals surface area (Å²) in [5.74, 6) is -0.391. The predicted octanol–water partition coefficient (Wildman–Crippen LogP) is 1.42. The van der Waals surface area contributed by atoms with E-state index in [0.29, 0.717) is 11.3 Å². The van der Waals surface area contributed by atoms with E-state index in [2.05, 4.69) is 9.72 Å². The lowest BCUT2D eigenvalue weighted by Gasteiger charge is -2.04. The number of methoxy groups -OCH3 is 1. The van der Waals surface area contributed by atoms with Gasteiger partial charge in [-0.05, 0) is 19.1 Å². The number of hydrogen-bond donors (Lipinski definition) is 1. The van der Waals surface area contributed by atoms with Crippen molar-refractivity contribution in [3.8, 4) is 0 Å². The Morgan fingerprint density at radius 2 is 2.31 bits per heavy atom. The van der Waals surface area contributed by atoms with Gasteiger partial charge in [0, 0.05) is 6.54 Å². The third-order valence-corrected chi connectivity index (χ3v) is 2.52. The number of nitrogens with two attached hydrogens (primary N) is 1. The Bertz CT molecular complexity index is 545. The van der Waals surface area contributed by atoms with Crippen molar-refractivity contribution >= 4 is 22.7 Å². The molecule has 1 heterocycles. The number of anilines is 1. The molecule has 1 aromatic heterocycles. The zero-order valence-electron chi connectivity index (χ0n) is 9.23. The number of aromatic nitrogens is 2. The molecule has 5 heteroatoms. The third-order valence-electron chi connectivity index (χ3n) is 2.52. The van der Waals surface area contributed by atoms with Crippen molar-refractivity contribution in [1.82, 2.24) is 9.55 Å². The molecule has 2 rings (SSSR count). The van der Waals surface area contributed by atoms with Crippen LogP contribution in [0.2, 0.25) is 0 Å². The highest BCUT2D eigenvalue weighted by Gasteiger charge is 2.12. The number of ether oxygens (including phenoxy) is 1. The van der Waals surface area contributed by atoms with Gasteiger partial charge in [0.15, 0.2) is 0 Å². The van der Waals surface area contributed by atoms with Crippen LogP contribution in [0, 0.1) is 0 Å². The summed E-state index contributed by atoms with van der Waals surface area (Å²) in [6.45, 7) is 2.78. The molecule has 0 saturated carbocycles. The highest BCUT2D eigenvalue weighted by atomic mass is 16.5. The molecular formula is C11H13N3O2. The summed E-state index contributed by atoms with van der Waals surface area (Å²) < 4.78 is 6.59. The Hall–Kier alpha value is -2.04. The minimum atomic E-state index is -0.391. The van der Waals surface area contributed by atoms with Crippen LogP contribution in [0.1, 0.15) is 17.3 Å². The van der Waals surface area contributed by atoms with E-state index in [0.717, 1.165) is 17.6 Å². The Kier molecular flexibility index (Phi) is 2.52. The van der Waals surface area contributed by atoms with E-state index in [1.165, 1.54) is 7.11 Å². The Morgan fingerprint density at radius 1 is 1.56 bits per heavy atom. The van der Waals surface area contributed by atoms with Crippen molar-refractivity contribution in [2.24, 2.45) is 0 Å². The third kappa shape index (κ3) is 1.50. The molecule has 0 amide bonds. The van der Waals surface area contributed by atoms with Crippen LogP contribution in [0.5, 0.6) is 0 Å². The zero-order valence-corrected chi connectivity index (χ0v) is 9.23. The minimum absolute atomic E-state index is 0.391. The molecule has 2 aromatic rings. The zero-order chi connectivity index (χ0) is 11.7. The molecule has 0 spiro atoms. The van der Waals surface area contributed by atoms with Gasteiger partial charge in [-0.1, -0.05) is 0 Å². The first kappa shape index (κ1) is 10.5. The smallest absolute Gasteiger partial charge is 0.338 e. The van der Waals surface area contributed by atoms with E-state index in [1.54, 1.807) is 18.5 Å². The number of hydrogen-bond acceptors (Lipinski definition) is 4. The summed E-state index contributed by atoms with van der Waals surface area (Å²) in [5.41, 5.74) is 8.34. The molecule has 0 radical (unpaired) electrons. The number of benzene rings is 1. The number of esters is 1. The summed E-state index contributed by atoms with van der Waals surface area (Å²) in [6.07, 6.45) is 1.71. The topological polar surface area (TPSA) is 70.1 Å². The number of carbonyl (C=O) groups is 1. The Labute approximate surface area is 92.8 Å². The predicted molar refractivity (Wildman–Crippen MR) is 61.2 cm³/mol. The minimum Gasteiger partial charge on any atom is -0.465 e. The molecule has 0 aliphatic rings. The van der Waals surface area contributed by atoms with Crippen LogP contribution in [-0.4, -0.2) is 22.6 Å². The van der Waals surface area contributed by atoms with Gasteiger partial charge >= 0.3 is 5.97 Å². The second kappa shape index (κ2) is 3.84. The molecule has 2 N–H and O–H groups in total. The van der Waals surface area contributed by atoms with Crippen LogP contribution in [-0.2, 0) is 11.3 Å². The molecule has 16 heavy (non-hydrogen) atoms. The lowest BCUT2D eigenvalue weighted by atomic mass is 10.1. The quantitative estimate of drug-likeness (QED) is 0.612. The number of imidazole rings is 1. The van der Waals surface area contributed by atoms with Gasteiger partial charge in [0.2, 0.25) is 0 Å². The standard InChI is InChI=1S/C11H13N3O2/c1-3-14-6-13-10-8(12)4-7(5-9(10)14)11(15)16-2/h4-6H,3,12H2,1-2H3. The summed E-state index contributed by atoms with van der Waals surface area (Å²) in [5, 5.41) is 0. The molecule has 0 aliphatic carbocycles. The van der Waals surface area contributed by atoms with Gasteiger partial charge in [-0.2, -0.15) is 0 Å². The fourth-order valence-corrected chi connectivity index (χ4v) is 1.68. The van der Waals surface area contributed by atoms with Crippen LogP contribution in [0.4, 0.5) is 5.69 Å². The molecule has 5 nitrogen and oxygen atoms in total. The monoisotopic (exact) mass is 219 g/mol. The lowest BCUT2D eigenvalue weighted by Crippen LogP contribution is -2.03. The number of nitrogens with zero attached hydrogens (tertiary/aromatic N) is 2. The summed E-state index contributed by atoms with van der Waals surface area (Å²) in [7, 11) is 1.35. The second-order valence-corrected chi connectivity index (χ2v) is 3.46. The van der Waals surface area contributed by atoms with Crippen LogP contribution in [0.3, 0.4) is 0 Å². The van der Waals surface area contributed by atoms with Crippen LogP contribution >= 0.6 is 0 Å². The first-order valence-corrected chi connectivity index (χ1v) is 5.00. The molecular weight excluding hydrogens is 206 g/mol. The number of aryl methyl sites for hydroxylation is 1. The van der Waals surface area contributed by atoms with Crippen molar-refractivity contribution in [2.75, 3.05) is 12.8 Å². The first-order valence-electron chi connectivity index (χ1n) is 5.00. The average Bonchev–Trinajstić information content (AvgIpc) is 2.71. The molecule has 0 aliphatic heterocycles. The number of rotatable bonds is 2. The Balaban J connectivity index is 2.68. The fourth-order valence-electron chi connectivity index (χ4n) is 1.68. The normalized spacial score (nSPS) is 10.6. The van der Waals surface area contributed by atoms with E-state index in [1.807, 2.05) is 11.5 Å². The van der Waals surface area contributed by atoms with E-state index in [4.69, 9.17) is 5.73 Å². The number of carbonyl (C=O) groups excluding carboxylic acids is 1. The van der Waals surface area contributed by atoms with Crippen LogP contribution in [0.25, 0.3) is 11.0 Å². The van der Waals surface area contributed by atoms with Crippen LogP contribution < -0.4 is 5.73 Å². The summed E-state index contributed by atoms with van der Waals surface area (Å²) >= 11 is 0. The van der Waals surface area contributed by atoms with Gasteiger partial charge in [0.25, 0.3) is 0 Å². The number of fused-ring (bicyclic) bond motifs is 1. The van der Waals surface area contributed by atoms with Crippen molar-refractivity contribution < 1.29 is 9.53 Å². The fraction of sp³-hybridized carbons (Fsp3) is 0.273. The van der Waals surface area contributed by atoms with E-state index >= 15 is 0 Å². The highest BCUT2D eigenvalue weighted by Crippen LogP contribution is 2.22. The van der Waals surface area contributed by atoms with Gasteiger partial charge in [-0.15, -0.1) is 0 Å². The molecule has 1 aromatic carbocycles. The second-order valence-electron chi connectivity index (χ2n) is 3.46. The van der Waals surface area contributed by atoms with Crippen molar-refractivity contribution in [3.63, 3.8) is 0 Å². The van der Waals surface area contributed by atoms with Crippen molar-refractivity contribution in [1.29, 1.82) is 0 Å². The largest absolute Gasteiger partial charge is 0.465 e. The summed E-state index contributed by atoms with van der Waals surface area (Å²) in [6, 6.07) is 3.33. The number of nitrogen functional groups attached to an aromatic ring is 1. The first-order chi connectivity index (χ1) is 7.67. The van der Waals surface area contributed by atoms with Crippen LogP contribution in [0.15, 0.2) is 18.5 Å². The molecule has 84 valence electrons. The van der Waals surface area contributed by atoms with Crippen molar-refractivity contribution in [3.05, 3.63) is 24.0 Å². The van der Waals surface area contributed by atoms with E-state index in [9.17, 15) is 4.79 Å². The van der Waals surface area contributed by atoms with Gasteiger partial charge < -0.3 is 15.0 Å². The molecule has 0 unspecified atom stereocenters. The maximum atomic E-state index is 11.4. The van der Waals surface area contributed by atoms with Gasteiger partial charge in [-0.25, -0.2) is 9.78 Å². The van der Waals surface area contributed by atoms with Gasteiger partial charge in [0.1, 0.15) is 5.52 Å². The molecule has 0 fully saturated rings. The maximum absolute atomic E-state index is 11.4. The highest BCUT2D eigenvalue weighted by molar-refractivity contribution is 5.98. The van der Waals surface area contributed by atoms with Gasteiger partial charge in [-0.3, -0.25) is 0 Å². The summed E-state index contributed by atoms with van der Waals surface area (Å²) in [4.78, 5) is 15.6. The van der Waals surface area contributed by atoms with Crippen molar-refractivity contribution in [2.45, 2.75) is 13.5 Å². The molecule has 0 saturated heterocycles. The van der Waals surface area contributed by atoms with E-state index in [-0.39, 0.29) is 0 Å². The average molecular weight is 219 g/mol. The lowest BCUT2D eigenvalue weighted by molar-refractivity contribution is 0.0601. The molecule has 0 atom stereocenters. The SMILES string of the molecule is CCn1cnc2c(N)cc(C(=O)OC)cc21.